The quantitative estimate of drug-likeness (QED) is 0.444. The summed E-state index contributed by atoms with van der Waals surface area (Å²) in [4.78, 5) is 29.2. The van der Waals surface area contributed by atoms with Crippen molar-refractivity contribution in [1.29, 1.82) is 0 Å². The number of para-hydroxylation sites is 2. The molecular formula is C29H32N4O3S. The molecule has 1 heterocycles. The first-order valence-electron chi connectivity index (χ1n) is 12.4. The number of ether oxygens (including phenoxy) is 1. The molecule has 0 spiro atoms. The third-order valence-corrected chi connectivity index (χ3v) is 6.37. The van der Waals surface area contributed by atoms with Crippen molar-refractivity contribution < 1.29 is 14.3 Å². The molecule has 2 N–H and O–H groups in total. The molecule has 192 valence electrons. The van der Waals surface area contributed by atoms with Gasteiger partial charge in [0, 0.05) is 37.7 Å². The molecule has 1 aliphatic heterocycles. The van der Waals surface area contributed by atoms with E-state index in [4.69, 9.17) is 17.0 Å². The summed E-state index contributed by atoms with van der Waals surface area (Å²) in [6, 6.07) is 24.7. The highest BCUT2D eigenvalue weighted by Crippen LogP contribution is 2.27. The van der Waals surface area contributed by atoms with E-state index in [0.29, 0.717) is 31.0 Å². The predicted octanol–water partition coefficient (Wildman–Crippen LogP) is 4.70. The number of amides is 2. The maximum Gasteiger partial charge on any atom is 0.257 e. The highest BCUT2D eigenvalue weighted by atomic mass is 32.1. The van der Waals surface area contributed by atoms with Crippen LogP contribution in [-0.4, -0.2) is 48.0 Å². The average Bonchev–Trinajstić information content (AvgIpc) is 2.92. The Balaban J connectivity index is 1.31. The number of piperazine rings is 1. The van der Waals surface area contributed by atoms with Crippen molar-refractivity contribution in [2.24, 2.45) is 5.92 Å². The minimum absolute atomic E-state index is 0.000457. The van der Waals surface area contributed by atoms with Crippen LogP contribution in [0.5, 0.6) is 5.75 Å². The summed E-state index contributed by atoms with van der Waals surface area (Å²) in [5, 5.41) is 6.14. The largest absolute Gasteiger partial charge is 0.489 e. The van der Waals surface area contributed by atoms with E-state index in [9.17, 15) is 9.59 Å². The third-order valence-electron chi connectivity index (χ3n) is 6.17. The van der Waals surface area contributed by atoms with Crippen molar-refractivity contribution in [3.63, 3.8) is 0 Å². The number of nitrogens with zero attached hydrogens (tertiary/aromatic N) is 2. The van der Waals surface area contributed by atoms with Crippen molar-refractivity contribution in [2.75, 3.05) is 36.4 Å². The van der Waals surface area contributed by atoms with Gasteiger partial charge < -0.3 is 19.9 Å². The second-order valence-electron chi connectivity index (χ2n) is 9.19. The highest BCUT2D eigenvalue weighted by Gasteiger charge is 2.24. The van der Waals surface area contributed by atoms with Crippen LogP contribution in [0, 0.1) is 5.92 Å². The van der Waals surface area contributed by atoms with Gasteiger partial charge in [0.15, 0.2) is 5.11 Å². The van der Waals surface area contributed by atoms with E-state index in [1.54, 1.807) is 24.3 Å². The van der Waals surface area contributed by atoms with E-state index in [0.717, 1.165) is 30.0 Å². The Morgan fingerprint density at radius 1 is 0.892 bits per heavy atom. The third kappa shape index (κ3) is 7.07. The Morgan fingerprint density at radius 3 is 2.22 bits per heavy atom. The van der Waals surface area contributed by atoms with Crippen molar-refractivity contribution >= 4 is 40.5 Å². The van der Waals surface area contributed by atoms with Crippen molar-refractivity contribution in [1.82, 2.24) is 10.2 Å². The molecule has 0 unspecified atom stereocenters. The van der Waals surface area contributed by atoms with Gasteiger partial charge in [-0.15, -0.1) is 0 Å². The van der Waals surface area contributed by atoms with Crippen molar-refractivity contribution in [3.8, 4) is 5.75 Å². The van der Waals surface area contributed by atoms with Crippen LogP contribution in [0.4, 0.5) is 11.4 Å². The molecule has 0 aromatic heterocycles. The monoisotopic (exact) mass is 516 g/mol. The fourth-order valence-corrected chi connectivity index (χ4v) is 4.36. The lowest BCUT2D eigenvalue weighted by Gasteiger charge is -2.37. The zero-order valence-electron chi connectivity index (χ0n) is 21.1. The van der Waals surface area contributed by atoms with E-state index >= 15 is 0 Å². The molecule has 37 heavy (non-hydrogen) atoms. The first-order chi connectivity index (χ1) is 17.9. The number of carbonyl (C=O) groups excluding carboxylic acids is 2. The van der Waals surface area contributed by atoms with Gasteiger partial charge in [-0.25, -0.2) is 0 Å². The molecule has 0 saturated carbocycles. The van der Waals surface area contributed by atoms with E-state index in [1.807, 2.05) is 73.3 Å². The van der Waals surface area contributed by atoms with E-state index < -0.39 is 0 Å². The molecule has 0 radical (unpaired) electrons. The van der Waals surface area contributed by atoms with Gasteiger partial charge in [0.2, 0.25) is 5.91 Å². The van der Waals surface area contributed by atoms with E-state index in [2.05, 4.69) is 15.5 Å². The van der Waals surface area contributed by atoms with E-state index in [-0.39, 0.29) is 22.8 Å². The lowest BCUT2D eigenvalue weighted by Crippen LogP contribution is -2.50. The minimum Gasteiger partial charge on any atom is -0.489 e. The fraction of sp³-hybridized carbons (Fsp3) is 0.276. The molecule has 0 atom stereocenters. The van der Waals surface area contributed by atoms with Gasteiger partial charge in [-0.3, -0.25) is 14.9 Å². The van der Waals surface area contributed by atoms with Gasteiger partial charge in [0.05, 0.1) is 11.4 Å². The molecule has 0 aliphatic carbocycles. The van der Waals surface area contributed by atoms with Crippen LogP contribution in [0.2, 0.25) is 0 Å². The molecule has 4 rings (SSSR count). The number of anilines is 2. The Morgan fingerprint density at radius 2 is 1.54 bits per heavy atom. The van der Waals surface area contributed by atoms with Crippen LogP contribution in [0.15, 0.2) is 78.9 Å². The number of benzene rings is 3. The summed E-state index contributed by atoms with van der Waals surface area (Å²) < 4.78 is 5.79. The van der Waals surface area contributed by atoms with Crippen LogP contribution < -0.4 is 20.3 Å². The number of carbonyl (C=O) groups is 2. The summed E-state index contributed by atoms with van der Waals surface area (Å²) in [6.45, 7) is 7.14. The maximum absolute atomic E-state index is 12.8. The normalized spacial score (nSPS) is 13.3. The molecular weight excluding hydrogens is 484 g/mol. The Labute approximate surface area is 223 Å². The van der Waals surface area contributed by atoms with E-state index in [1.165, 1.54) is 0 Å². The molecule has 0 bridgehead atoms. The van der Waals surface area contributed by atoms with Gasteiger partial charge in [0.25, 0.3) is 5.91 Å². The molecule has 7 nitrogen and oxygen atoms in total. The summed E-state index contributed by atoms with van der Waals surface area (Å²) in [6.07, 6.45) is 0. The second-order valence-corrected chi connectivity index (χ2v) is 9.60. The van der Waals surface area contributed by atoms with Gasteiger partial charge >= 0.3 is 0 Å². The van der Waals surface area contributed by atoms with Gasteiger partial charge in [-0.05, 0) is 54.2 Å². The molecule has 3 aromatic rings. The molecule has 2 amide bonds. The number of thiocarbonyl (C=S) groups is 1. The van der Waals surface area contributed by atoms with Crippen molar-refractivity contribution in [3.05, 3.63) is 90.0 Å². The van der Waals surface area contributed by atoms with Crippen LogP contribution in [0.3, 0.4) is 0 Å². The molecule has 1 fully saturated rings. The topological polar surface area (TPSA) is 73.9 Å². The van der Waals surface area contributed by atoms with Crippen LogP contribution >= 0.6 is 12.2 Å². The second kappa shape index (κ2) is 12.4. The number of hydrogen-bond acceptors (Lipinski definition) is 5. The summed E-state index contributed by atoms with van der Waals surface area (Å²) in [5.41, 5.74) is 3.35. The maximum atomic E-state index is 12.8. The first kappa shape index (κ1) is 26.2. The SMILES string of the molecule is CC(C)C(=O)N1CCN(c2ccccc2NC(=S)NC(=O)c2ccc(OCc3ccccc3)cc2)CC1. The first-order valence-corrected chi connectivity index (χ1v) is 12.8. The Kier molecular flexibility index (Phi) is 8.74. The Bertz CT molecular complexity index is 1220. The number of hydrogen-bond donors (Lipinski definition) is 2. The molecule has 8 heteroatoms. The van der Waals surface area contributed by atoms with Gasteiger partial charge in [-0.2, -0.15) is 0 Å². The molecule has 3 aromatic carbocycles. The van der Waals surface area contributed by atoms with Crippen LogP contribution in [-0.2, 0) is 11.4 Å². The average molecular weight is 517 g/mol. The zero-order valence-corrected chi connectivity index (χ0v) is 22.0. The zero-order chi connectivity index (χ0) is 26.2. The predicted molar refractivity (Wildman–Crippen MR) is 151 cm³/mol. The van der Waals surface area contributed by atoms with Crippen LogP contribution in [0.25, 0.3) is 0 Å². The summed E-state index contributed by atoms with van der Waals surface area (Å²) in [7, 11) is 0. The Hall–Kier alpha value is -3.91. The van der Waals surface area contributed by atoms with Gasteiger partial charge in [0.1, 0.15) is 12.4 Å². The number of nitrogens with one attached hydrogen (secondary N) is 2. The lowest BCUT2D eigenvalue weighted by atomic mass is 10.1. The lowest BCUT2D eigenvalue weighted by molar-refractivity contribution is -0.134. The minimum atomic E-state index is -0.301. The van der Waals surface area contributed by atoms with Crippen molar-refractivity contribution in [2.45, 2.75) is 20.5 Å². The smallest absolute Gasteiger partial charge is 0.257 e. The van der Waals surface area contributed by atoms with Crippen LogP contribution in [0.1, 0.15) is 29.8 Å². The highest BCUT2D eigenvalue weighted by molar-refractivity contribution is 7.80. The summed E-state index contributed by atoms with van der Waals surface area (Å²) in [5.74, 6) is 0.570. The van der Waals surface area contributed by atoms with Gasteiger partial charge in [-0.1, -0.05) is 56.3 Å². The number of rotatable bonds is 7. The summed E-state index contributed by atoms with van der Waals surface area (Å²) >= 11 is 5.44. The fourth-order valence-electron chi connectivity index (χ4n) is 4.16. The molecule has 1 saturated heterocycles. The molecule has 1 aliphatic rings. The standard InChI is InChI=1S/C29H32N4O3S/c1-21(2)28(35)33-18-16-32(17-19-33)26-11-7-6-10-25(26)30-29(37)31-27(34)23-12-14-24(15-13-23)36-20-22-8-4-3-5-9-22/h3-15,21H,16-20H2,1-2H3,(H2,30,31,34,37).